The fourth-order valence-electron chi connectivity index (χ4n) is 0.181. The molecule has 1 amide bonds. The van der Waals surface area contributed by atoms with Crippen molar-refractivity contribution in [2.24, 2.45) is 0 Å². The topological polar surface area (TPSA) is 63.5 Å². The molecule has 8 heteroatoms. The van der Waals surface area contributed by atoms with E-state index in [1.54, 1.807) is 0 Å². The van der Waals surface area contributed by atoms with Crippen molar-refractivity contribution in [3.63, 3.8) is 0 Å². The van der Waals surface area contributed by atoms with E-state index in [1.165, 1.54) is 0 Å². The number of rotatable bonds is 0. The monoisotopic (exact) mass is 308 g/mol. The van der Waals surface area contributed by atoms with Crippen molar-refractivity contribution < 1.29 is 64.6 Å². The summed E-state index contributed by atoms with van der Waals surface area (Å²) in [6.45, 7) is 2.03. The first-order valence-electron chi connectivity index (χ1n) is 2.20. The molecule has 5 nitrogen and oxygen atoms in total. The summed E-state index contributed by atoms with van der Waals surface area (Å²) in [7, 11) is 0. The van der Waals surface area contributed by atoms with E-state index in [4.69, 9.17) is 0 Å². The van der Waals surface area contributed by atoms with Crippen molar-refractivity contribution in [2.45, 2.75) is 13.8 Å². The molecule has 0 N–H and O–H groups in total. The van der Waals surface area contributed by atoms with Crippen LogP contribution in [0.1, 0.15) is 13.8 Å². The number of nitrogens with zero attached hydrogens (tertiary/aromatic N) is 1. The molecule has 0 aliphatic rings. The van der Waals surface area contributed by atoms with Gasteiger partial charge in [-0.25, -0.2) is 9.59 Å². The van der Waals surface area contributed by atoms with Gasteiger partial charge in [0, 0.05) is 27.3 Å². The third-order valence-electron chi connectivity index (χ3n) is 0.469. The molecule has 0 spiro atoms. The minimum absolute atomic E-state index is 0. The SMILES string of the molecule is CC(=O)O[N+](=O)C(C)=O.[Cl-].[Cl-].[Pd]. The van der Waals surface area contributed by atoms with Crippen LogP contribution in [0.5, 0.6) is 0 Å². The predicted molar refractivity (Wildman–Crippen MR) is 26.1 cm³/mol. The Labute approximate surface area is 95.2 Å². The molecule has 0 aromatic carbocycles. The largest absolute Gasteiger partial charge is 1.00 e. The zero-order valence-electron chi connectivity index (χ0n) is 6.15. The molecule has 0 aliphatic heterocycles. The molecule has 0 heterocycles. The standard InChI is InChI=1S/C4H6NO4.2ClH.Pd/c1-3(6)5(8)9-4(2)7;;;/h1-2H3;2*1H;/q+1;;;/p-2. The van der Waals surface area contributed by atoms with Gasteiger partial charge in [0.25, 0.3) is 0 Å². The van der Waals surface area contributed by atoms with Gasteiger partial charge >= 0.3 is 16.8 Å². The summed E-state index contributed by atoms with van der Waals surface area (Å²) in [6.07, 6.45) is 0. The van der Waals surface area contributed by atoms with Crippen molar-refractivity contribution in [3.8, 4) is 0 Å². The van der Waals surface area contributed by atoms with Gasteiger partial charge in [-0.2, -0.15) is 0 Å². The van der Waals surface area contributed by atoms with Gasteiger partial charge in [-0.1, -0.05) is 0 Å². The van der Waals surface area contributed by atoms with Crippen molar-refractivity contribution in [2.75, 3.05) is 0 Å². The van der Waals surface area contributed by atoms with E-state index in [9.17, 15) is 14.5 Å². The van der Waals surface area contributed by atoms with Gasteiger partial charge in [0.2, 0.25) is 0 Å². The fraction of sp³-hybridized carbons (Fsp3) is 0.500. The second kappa shape index (κ2) is 11.0. The molecule has 0 atom stereocenters. The van der Waals surface area contributed by atoms with Crippen LogP contribution in [0.3, 0.4) is 0 Å². The maximum atomic E-state index is 10.1. The van der Waals surface area contributed by atoms with Crippen LogP contribution in [0.15, 0.2) is 0 Å². The van der Waals surface area contributed by atoms with Gasteiger partial charge in [0.05, 0.1) is 11.8 Å². The van der Waals surface area contributed by atoms with E-state index in [1.807, 2.05) is 0 Å². The average molecular weight is 309 g/mol. The van der Waals surface area contributed by atoms with E-state index in [0.717, 1.165) is 13.8 Å². The summed E-state index contributed by atoms with van der Waals surface area (Å²) in [5, 5.41) is 0. The van der Waals surface area contributed by atoms with Crippen molar-refractivity contribution in [1.82, 2.24) is 0 Å². The summed E-state index contributed by atoms with van der Waals surface area (Å²) in [5.41, 5.74) is 0. The Morgan fingerprint density at radius 3 is 1.58 bits per heavy atom. The molecule has 0 unspecified atom stereocenters. The molecule has 0 fully saturated rings. The summed E-state index contributed by atoms with van der Waals surface area (Å²) in [4.78, 5) is 33.5. The number of hydrogen-bond donors (Lipinski definition) is 0. The fourth-order valence-corrected chi connectivity index (χ4v) is 0.181. The molecule has 0 rings (SSSR count). The second-order valence-electron chi connectivity index (χ2n) is 1.36. The van der Waals surface area contributed by atoms with E-state index >= 15 is 0 Å². The smallest absolute Gasteiger partial charge is 0.488 e. The van der Waals surface area contributed by atoms with E-state index in [2.05, 4.69) is 4.84 Å². The first-order valence-corrected chi connectivity index (χ1v) is 2.20. The van der Waals surface area contributed by atoms with Gasteiger partial charge < -0.3 is 24.8 Å². The summed E-state index contributed by atoms with van der Waals surface area (Å²) >= 11 is 0. The van der Waals surface area contributed by atoms with Gasteiger partial charge in [0.1, 0.15) is 0 Å². The van der Waals surface area contributed by atoms with Crippen LogP contribution >= 0.6 is 0 Å². The van der Waals surface area contributed by atoms with Gasteiger partial charge in [-0.15, -0.1) is 4.84 Å². The van der Waals surface area contributed by atoms with E-state index in [-0.39, 0.29) is 50.2 Å². The molecule has 0 saturated carbocycles. The molecule has 12 heavy (non-hydrogen) atoms. The minimum atomic E-state index is -0.856. The maximum Gasteiger partial charge on any atom is 0.488 e. The number of hydrogen-bond acceptors (Lipinski definition) is 4. The average Bonchev–Trinajstić information content (AvgIpc) is 1.63. The van der Waals surface area contributed by atoms with Crippen molar-refractivity contribution in [1.29, 1.82) is 0 Å². The maximum absolute atomic E-state index is 10.1. The molecule has 0 bridgehead atoms. The second-order valence-corrected chi connectivity index (χ2v) is 1.36. The Morgan fingerprint density at radius 2 is 1.50 bits per heavy atom. The molecule has 76 valence electrons. The number of carbonyl (C=O) groups excluding carboxylic acids is 2. The van der Waals surface area contributed by atoms with Gasteiger partial charge in [0.15, 0.2) is 0 Å². The van der Waals surface area contributed by atoms with E-state index < -0.39 is 11.9 Å². The third kappa shape index (κ3) is 12.6. The summed E-state index contributed by atoms with van der Waals surface area (Å²) < 4.78 is 0. The molecular weight excluding hydrogens is 303 g/mol. The number of carbonyl (C=O) groups is 2. The predicted octanol–water partition coefficient (Wildman–Crippen LogP) is -6.20. The first kappa shape index (κ1) is 22.7. The normalized spacial score (nSPS) is 6.17. The van der Waals surface area contributed by atoms with Gasteiger partial charge in [-0.3, -0.25) is 0 Å². The molecule has 0 aromatic heterocycles. The summed E-state index contributed by atoms with van der Waals surface area (Å²) in [5.74, 6) is -1.66. The van der Waals surface area contributed by atoms with Crippen molar-refractivity contribution in [3.05, 3.63) is 4.91 Å². The van der Waals surface area contributed by atoms with Crippen LogP contribution in [0.4, 0.5) is 0 Å². The Balaban J connectivity index is -0.000000107. The molecule has 0 radical (unpaired) electrons. The number of halogens is 2. The molecular formula is C4H6Cl2NO4Pd-. The molecule has 0 aromatic rings. The van der Waals surface area contributed by atoms with Crippen LogP contribution in [0, 0.1) is 4.91 Å². The van der Waals surface area contributed by atoms with Crippen LogP contribution < -0.4 is 24.8 Å². The third-order valence-corrected chi connectivity index (χ3v) is 0.469. The molecule has 0 saturated heterocycles. The van der Waals surface area contributed by atoms with Crippen LogP contribution in [0.25, 0.3) is 0 Å². The summed E-state index contributed by atoms with van der Waals surface area (Å²) in [6, 6.07) is 0. The van der Waals surface area contributed by atoms with E-state index in [0.29, 0.717) is 0 Å². The number of amides is 1. The minimum Gasteiger partial charge on any atom is -1.00 e. The quantitative estimate of drug-likeness (QED) is 0.330. The van der Waals surface area contributed by atoms with Crippen LogP contribution in [-0.2, 0) is 34.8 Å². The van der Waals surface area contributed by atoms with Crippen LogP contribution in [-0.4, -0.2) is 16.8 Å². The van der Waals surface area contributed by atoms with Gasteiger partial charge in [-0.05, 0) is 0 Å². The Bertz CT molecular complexity index is 174. The van der Waals surface area contributed by atoms with Crippen LogP contribution in [0.2, 0.25) is 0 Å². The Kier molecular flexibility index (Phi) is 20.8. The Morgan fingerprint density at radius 1 is 1.17 bits per heavy atom. The van der Waals surface area contributed by atoms with Crippen molar-refractivity contribution >= 4 is 11.9 Å². The zero-order chi connectivity index (χ0) is 7.44. The molecule has 0 aliphatic carbocycles. The first-order chi connectivity index (χ1) is 4.04. The zero-order valence-corrected chi connectivity index (χ0v) is 9.22. The Hall–Kier alpha value is -0.0177.